The van der Waals surface area contributed by atoms with Crippen LogP contribution in [-0.2, 0) is 4.74 Å². The smallest absolute Gasteiger partial charge is 0.252 e. The third-order valence-corrected chi connectivity index (χ3v) is 6.60. The second kappa shape index (κ2) is 10.0. The van der Waals surface area contributed by atoms with Crippen LogP contribution in [0.1, 0.15) is 34.6 Å². The second-order valence-electron chi connectivity index (χ2n) is 7.85. The minimum atomic E-state index is -0.0711. The summed E-state index contributed by atoms with van der Waals surface area (Å²) in [5, 5.41) is 11.6. The molecule has 1 atom stereocenters. The van der Waals surface area contributed by atoms with Crippen LogP contribution in [0.4, 0.5) is 0 Å². The largest absolute Gasteiger partial charge is 0.376 e. The number of aromatic amines is 1. The van der Waals surface area contributed by atoms with Gasteiger partial charge >= 0.3 is 0 Å². The first-order valence-corrected chi connectivity index (χ1v) is 11.8. The van der Waals surface area contributed by atoms with E-state index in [-0.39, 0.29) is 12.0 Å². The van der Waals surface area contributed by atoms with Crippen molar-refractivity contribution in [1.29, 1.82) is 0 Å². The Bertz CT molecular complexity index is 1280. The van der Waals surface area contributed by atoms with Crippen LogP contribution in [-0.4, -0.2) is 40.3 Å². The van der Waals surface area contributed by atoms with Crippen molar-refractivity contribution in [3.05, 3.63) is 83.8 Å². The molecule has 1 aliphatic rings. The van der Waals surface area contributed by atoms with Gasteiger partial charge in [-0.2, -0.15) is 5.10 Å². The maximum atomic E-state index is 12.8. The number of carbonyl (C=O) groups is 1. The summed E-state index contributed by atoms with van der Waals surface area (Å²) in [6.07, 6.45) is 7.86. The van der Waals surface area contributed by atoms with Crippen LogP contribution in [0.5, 0.6) is 0 Å². The van der Waals surface area contributed by atoms with Crippen molar-refractivity contribution in [1.82, 2.24) is 20.5 Å². The van der Waals surface area contributed by atoms with E-state index in [1.165, 1.54) is 0 Å². The molecule has 1 saturated heterocycles. The Morgan fingerprint density at radius 2 is 2.06 bits per heavy atom. The van der Waals surface area contributed by atoms with Gasteiger partial charge in [0, 0.05) is 34.5 Å². The summed E-state index contributed by atoms with van der Waals surface area (Å²) >= 11 is 1.57. The van der Waals surface area contributed by atoms with Gasteiger partial charge in [-0.25, -0.2) is 0 Å². The van der Waals surface area contributed by atoms with Gasteiger partial charge in [0.2, 0.25) is 0 Å². The number of hydrogen-bond donors (Lipinski definition) is 2. The highest BCUT2D eigenvalue weighted by molar-refractivity contribution is 7.99. The fourth-order valence-electron chi connectivity index (χ4n) is 3.83. The highest BCUT2D eigenvalue weighted by Gasteiger charge is 2.18. The zero-order valence-corrected chi connectivity index (χ0v) is 18.8. The molecule has 4 aromatic rings. The summed E-state index contributed by atoms with van der Waals surface area (Å²) in [5.74, 6) is -0.0711. The SMILES string of the molecule is O=C(NC[C@@H]1CCCO1)c1ccccc1Sc1ccc2c(/C=C/c3ccccn3)n[nH]c2c1. The lowest BCUT2D eigenvalue weighted by Crippen LogP contribution is -2.32. The molecule has 2 aromatic carbocycles. The van der Waals surface area contributed by atoms with Gasteiger partial charge in [-0.15, -0.1) is 0 Å². The summed E-state index contributed by atoms with van der Waals surface area (Å²) in [5.41, 5.74) is 3.36. The van der Waals surface area contributed by atoms with Crippen molar-refractivity contribution >= 4 is 40.7 Å². The third kappa shape index (κ3) is 5.16. The van der Waals surface area contributed by atoms with Crippen molar-refractivity contribution in [2.75, 3.05) is 13.2 Å². The molecule has 1 aliphatic heterocycles. The molecule has 166 valence electrons. The summed E-state index contributed by atoms with van der Waals surface area (Å²) in [4.78, 5) is 19.1. The number of carbonyl (C=O) groups excluding carboxylic acids is 1. The molecule has 0 aliphatic carbocycles. The first-order valence-electron chi connectivity index (χ1n) is 11.0. The Kier molecular flexibility index (Phi) is 6.51. The molecule has 7 heteroatoms. The van der Waals surface area contributed by atoms with Crippen LogP contribution in [0.25, 0.3) is 23.1 Å². The van der Waals surface area contributed by atoms with Gasteiger partial charge in [-0.1, -0.05) is 30.0 Å². The van der Waals surface area contributed by atoms with Crippen LogP contribution in [0.15, 0.2) is 76.7 Å². The molecule has 33 heavy (non-hydrogen) atoms. The molecule has 3 heterocycles. The van der Waals surface area contributed by atoms with Gasteiger partial charge in [0.05, 0.1) is 28.6 Å². The fraction of sp³-hybridized carbons (Fsp3) is 0.192. The van der Waals surface area contributed by atoms with Gasteiger partial charge in [-0.05, 0) is 67.5 Å². The summed E-state index contributed by atoms with van der Waals surface area (Å²) in [6, 6.07) is 19.7. The van der Waals surface area contributed by atoms with Gasteiger partial charge in [-0.3, -0.25) is 14.9 Å². The van der Waals surface area contributed by atoms with E-state index in [0.717, 1.165) is 51.5 Å². The van der Waals surface area contributed by atoms with Crippen LogP contribution in [0, 0.1) is 0 Å². The lowest BCUT2D eigenvalue weighted by molar-refractivity contribution is 0.0855. The number of amides is 1. The van der Waals surface area contributed by atoms with Gasteiger partial charge in [0.1, 0.15) is 0 Å². The quantitative estimate of drug-likeness (QED) is 0.400. The maximum absolute atomic E-state index is 12.8. The number of H-pyrrole nitrogens is 1. The van der Waals surface area contributed by atoms with E-state index < -0.39 is 0 Å². The number of hydrogen-bond acceptors (Lipinski definition) is 5. The van der Waals surface area contributed by atoms with E-state index >= 15 is 0 Å². The number of rotatable bonds is 7. The number of nitrogens with one attached hydrogen (secondary N) is 2. The van der Waals surface area contributed by atoms with Crippen molar-refractivity contribution in [3.8, 4) is 0 Å². The molecular weight excluding hydrogens is 432 g/mol. The molecule has 0 saturated carbocycles. The third-order valence-electron chi connectivity index (χ3n) is 5.54. The number of fused-ring (bicyclic) bond motifs is 1. The lowest BCUT2D eigenvalue weighted by atomic mass is 10.2. The number of benzene rings is 2. The summed E-state index contributed by atoms with van der Waals surface area (Å²) < 4.78 is 5.61. The number of pyridine rings is 1. The molecule has 0 spiro atoms. The predicted molar refractivity (Wildman–Crippen MR) is 131 cm³/mol. The van der Waals surface area contributed by atoms with Crippen LogP contribution in [0.2, 0.25) is 0 Å². The monoisotopic (exact) mass is 456 g/mol. The zero-order valence-electron chi connectivity index (χ0n) is 18.0. The Morgan fingerprint density at radius 1 is 1.15 bits per heavy atom. The summed E-state index contributed by atoms with van der Waals surface area (Å²) in [7, 11) is 0. The van der Waals surface area contributed by atoms with Gasteiger partial charge in [0.15, 0.2) is 0 Å². The maximum Gasteiger partial charge on any atom is 0.252 e. The van der Waals surface area contributed by atoms with Crippen molar-refractivity contribution in [2.24, 2.45) is 0 Å². The van der Waals surface area contributed by atoms with Crippen molar-refractivity contribution in [3.63, 3.8) is 0 Å². The normalized spacial score (nSPS) is 15.9. The van der Waals surface area contributed by atoms with E-state index in [4.69, 9.17) is 4.74 Å². The van der Waals surface area contributed by atoms with E-state index in [1.807, 2.05) is 54.6 Å². The fourth-order valence-corrected chi connectivity index (χ4v) is 4.81. The molecule has 5 rings (SSSR count). The molecular formula is C26H24N4O2S. The van der Waals surface area contributed by atoms with E-state index in [0.29, 0.717) is 12.1 Å². The Hall–Kier alpha value is -3.42. The van der Waals surface area contributed by atoms with E-state index in [2.05, 4.69) is 38.7 Å². The average Bonchev–Trinajstić information content (AvgIpc) is 3.52. The van der Waals surface area contributed by atoms with Crippen LogP contribution in [0.3, 0.4) is 0 Å². The molecule has 0 unspecified atom stereocenters. The Balaban J connectivity index is 1.31. The lowest BCUT2D eigenvalue weighted by Gasteiger charge is -2.13. The van der Waals surface area contributed by atoms with Crippen LogP contribution >= 0.6 is 11.8 Å². The number of aromatic nitrogens is 3. The summed E-state index contributed by atoms with van der Waals surface area (Å²) in [6.45, 7) is 1.33. The molecule has 2 aromatic heterocycles. The molecule has 0 bridgehead atoms. The second-order valence-corrected chi connectivity index (χ2v) is 8.96. The molecule has 6 nitrogen and oxygen atoms in total. The topological polar surface area (TPSA) is 79.9 Å². The Morgan fingerprint density at radius 3 is 2.91 bits per heavy atom. The van der Waals surface area contributed by atoms with Crippen molar-refractivity contribution < 1.29 is 9.53 Å². The molecule has 2 N–H and O–H groups in total. The van der Waals surface area contributed by atoms with Gasteiger partial charge < -0.3 is 10.1 Å². The van der Waals surface area contributed by atoms with E-state index in [9.17, 15) is 4.79 Å². The van der Waals surface area contributed by atoms with Gasteiger partial charge in [0.25, 0.3) is 5.91 Å². The highest BCUT2D eigenvalue weighted by atomic mass is 32.2. The highest BCUT2D eigenvalue weighted by Crippen LogP contribution is 2.33. The van der Waals surface area contributed by atoms with Crippen LogP contribution < -0.4 is 5.32 Å². The number of nitrogens with zero attached hydrogens (tertiary/aromatic N) is 2. The predicted octanol–water partition coefficient (Wildman–Crippen LogP) is 5.19. The minimum absolute atomic E-state index is 0.0711. The van der Waals surface area contributed by atoms with Crippen molar-refractivity contribution in [2.45, 2.75) is 28.7 Å². The molecule has 0 radical (unpaired) electrons. The number of ether oxygens (including phenoxy) is 1. The standard InChI is InChI=1S/C26H24N4O2S/c31-26(28-17-19-7-5-15-32-19)22-8-1-2-9-25(22)33-20-11-12-21-23(29-30-24(21)16-20)13-10-18-6-3-4-14-27-18/h1-4,6,8-14,16,19H,5,7,15,17H2,(H,28,31)(H,29,30)/b13-10+/t19-/m0/s1. The average molecular weight is 457 g/mol. The zero-order chi connectivity index (χ0) is 22.5. The first-order chi connectivity index (χ1) is 16.3. The van der Waals surface area contributed by atoms with E-state index in [1.54, 1.807) is 18.0 Å². The minimum Gasteiger partial charge on any atom is -0.376 e. The molecule has 1 amide bonds. The first kappa shape index (κ1) is 21.4. The Labute approximate surface area is 196 Å². The molecule has 1 fully saturated rings.